The van der Waals surface area contributed by atoms with Crippen LogP contribution in [0, 0.1) is 41.0 Å². The fraction of sp³-hybridized carbons (Fsp3) is 0.440. The molecule has 7 aliphatic carbocycles. The van der Waals surface area contributed by atoms with E-state index in [9.17, 15) is 4.39 Å². The minimum Gasteiger partial charge on any atom is -1.00 e. The minimum atomic E-state index is -0.170. The molecule has 54 heavy (non-hydrogen) atoms. The smallest absolute Gasteiger partial charge is 1.00 e. The van der Waals surface area contributed by atoms with Crippen molar-refractivity contribution in [2.45, 2.75) is 111 Å². The number of halogens is 3. The van der Waals surface area contributed by atoms with Gasteiger partial charge in [0.1, 0.15) is 0 Å². The Hall–Kier alpha value is -2.25. The monoisotopic (exact) mass is 834 g/mol. The van der Waals surface area contributed by atoms with Crippen LogP contribution < -0.4 is 24.8 Å². The zero-order valence-electron chi connectivity index (χ0n) is 33.4. The number of benzene rings is 3. The summed E-state index contributed by atoms with van der Waals surface area (Å²) in [6, 6.07) is 18.6. The van der Waals surface area contributed by atoms with Gasteiger partial charge in [0.05, 0.1) is 0 Å². The minimum absolute atomic E-state index is 0. The third kappa shape index (κ3) is 7.72. The van der Waals surface area contributed by atoms with E-state index in [1.54, 1.807) is 56.2 Å². The van der Waals surface area contributed by atoms with Crippen molar-refractivity contribution in [3.8, 4) is 0 Å². The Balaban J connectivity index is 0.000000150. The summed E-state index contributed by atoms with van der Waals surface area (Å²) in [5.74, 6) is 3.65. The first kappa shape index (κ1) is 41.4. The summed E-state index contributed by atoms with van der Waals surface area (Å²) in [6.07, 6.45) is 21.6. The molecule has 0 heterocycles. The predicted octanol–water partition coefficient (Wildman–Crippen LogP) is 7.55. The van der Waals surface area contributed by atoms with Crippen molar-refractivity contribution in [3.05, 3.63) is 124 Å². The van der Waals surface area contributed by atoms with Crippen LogP contribution >= 0.6 is 0 Å². The summed E-state index contributed by atoms with van der Waals surface area (Å²) in [5, 5.41) is 5.57. The maximum Gasteiger partial charge on any atom is -1.00 e. The molecule has 282 valence electrons. The molecule has 4 fully saturated rings. The molecule has 1 unspecified atom stereocenters. The van der Waals surface area contributed by atoms with E-state index in [0.29, 0.717) is 11.3 Å². The predicted molar refractivity (Wildman–Crippen MR) is 217 cm³/mol. The van der Waals surface area contributed by atoms with Crippen LogP contribution in [0.3, 0.4) is 0 Å². The molecular weight excluding hydrogens is 782 g/mol. The molecule has 4 saturated carbocycles. The summed E-state index contributed by atoms with van der Waals surface area (Å²) in [7, 11) is 0. The van der Waals surface area contributed by atoms with Gasteiger partial charge < -0.3 is 24.8 Å². The zero-order chi connectivity index (χ0) is 36.7. The second-order valence-electron chi connectivity index (χ2n) is 18.8. The first-order valence-electron chi connectivity index (χ1n) is 19.8. The van der Waals surface area contributed by atoms with Crippen molar-refractivity contribution in [3.63, 3.8) is 0 Å². The average molecular weight is 837 g/mol. The molecule has 4 aromatic rings. The molecule has 7 aliphatic rings. The van der Waals surface area contributed by atoms with Gasteiger partial charge in [0.15, 0.2) is 0 Å². The Labute approximate surface area is 351 Å². The fourth-order valence-electron chi connectivity index (χ4n) is 11.8. The molecular formula is C50H55Cl2FZr-2. The van der Waals surface area contributed by atoms with Gasteiger partial charge in [0, 0.05) is 10.8 Å². The van der Waals surface area contributed by atoms with Crippen molar-refractivity contribution in [2.24, 2.45) is 29.1 Å². The average Bonchev–Trinajstić information content (AvgIpc) is 3.72. The second kappa shape index (κ2) is 15.3. The summed E-state index contributed by atoms with van der Waals surface area (Å²) < 4.78 is 14.2. The topological polar surface area (TPSA) is 0 Å². The maximum atomic E-state index is 12.2. The van der Waals surface area contributed by atoms with E-state index >= 15 is 0 Å². The first-order valence-corrected chi connectivity index (χ1v) is 21.2. The van der Waals surface area contributed by atoms with Gasteiger partial charge in [-0.15, -0.1) is 39.7 Å². The van der Waals surface area contributed by atoms with Crippen LogP contribution in [0.25, 0.3) is 32.7 Å². The van der Waals surface area contributed by atoms with Gasteiger partial charge in [-0.3, -0.25) is 6.08 Å². The van der Waals surface area contributed by atoms with E-state index in [4.69, 9.17) is 0 Å². The molecule has 0 aromatic heterocycles. The van der Waals surface area contributed by atoms with Crippen molar-refractivity contribution in [2.75, 3.05) is 0 Å². The normalized spacial score (nSPS) is 27.2. The van der Waals surface area contributed by atoms with Crippen LogP contribution in [0.5, 0.6) is 0 Å². The molecule has 11 rings (SSSR count). The van der Waals surface area contributed by atoms with Gasteiger partial charge in [-0.2, -0.15) is 11.6 Å². The van der Waals surface area contributed by atoms with Crippen LogP contribution in [0.2, 0.25) is 0 Å². The quantitative estimate of drug-likeness (QED) is 0.187. The number of hydrogen-bond donors (Lipinski definition) is 0. The van der Waals surface area contributed by atoms with Crippen molar-refractivity contribution >= 4 is 36.4 Å². The summed E-state index contributed by atoms with van der Waals surface area (Å²) in [4.78, 5) is 0. The molecule has 4 heteroatoms. The van der Waals surface area contributed by atoms with Gasteiger partial charge >= 0.3 is 68.0 Å². The fourth-order valence-corrected chi connectivity index (χ4v) is 12.3. The Morgan fingerprint density at radius 3 is 1.63 bits per heavy atom. The van der Waals surface area contributed by atoms with Crippen LogP contribution in [-0.2, 0) is 35.1 Å². The molecule has 0 spiro atoms. The zero-order valence-corrected chi connectivity index (χ0v) is 37.4. The van der Waals surface area contributed by atoms with E-state index < -0.39 is 0 Å². The van der Waals surface area contributed by atoms with Crippen molar-refractivity contribution < 1.29 is 53.4 Å². The first-order chi connectivity index (χ1) is 24.6. The number of allylic oxidation sites excluding steroid dienone is 8. The van der Waals surface area contributed by atoms with Crippen LogP contribution in [-0.4, -0.2) is 3.71 Å². The van der Waals surface area contributed by atoms with E-state index in [1.807, 2.05) is 3.71 Å². The molecule has 0 nitrogen and oxygen atoms in total. The van der Waals surface area contributed by atoms with Gasteiger partial charge in [-0.25, -0.2) is 5.57 Å². The van der Waals surface area contributed by atoms with Crippen LogP contribution in [0.4, 0.5) is 4.39 Å². The number of fused-ring (bicyclic) bond motifs is 5. The van der Waals surface area contributed by atoms with E-state index in [-0.39, 0.29) is 41.5 Å². The Bertz CT molecular complexity index is 2090. The molecule has 4 bridgehead atoms. The van der Waals surface area contributed by atoms with Crippen LogP contribution in [0.15, 0.2) is 84.0 Å². The van der Waals surface area contributed by atoms with Crippen LogP contribution in [0.1, 0.15) is 128 Å². The number of rotatable bonds is 3. The molecule has 0 N–H and O–H groups in total. The maximum absolute atomic E-state index is 12.2. The summed E-state index contributed by atoms with van der Waals surface area (Å²) in [6.45, 7) is 18.3. The largest absolute Gasteiger partial charge is 1.00 e. The Morgan fingerprint density at radius 2 is 1.22 bits per heavy atom. The standard InChI is InChI=1S/C25H25.C18H25.C7H5F.2ClH.Zr/c1-14-12-24(3,4)22-8-16-7-17-9-23-19(15(2)13-25(23,5)6)11-21(17)20(16)10-18(14)22;1-12-3-13(2)17(4-12)11-18-8-14-5-15(9-18)7-16(6-14)10-18;1-6-2-4-7(8)5-3-6;;;/h7-13H,1-6H3;4,12,14-16H,5-11H2,1-2H3;1-5H;2*1H;/q2*-1;;;;+2/p-2. The van der Waals surface area contributed by atoms with Gasteiger partial charge in [-0.05, 0) is 97.8 Å². The summed E-state index contributed by atoms with van der Waals surface area (Å²) in [5.41, 5.74) is 13.8. The van der Waals surface area contributed by atoms with E-state index in [1.165, 1.54) is 103 Å². The molecule has 0 amide bonds. The Morgan fingerprint density at radius 1 is 0.759 bits per heavy atom. The Kier molecular flexibility index (Phi) is 11.7. The molecule has 0 saturated heterocycles. The third-order valence-corrected chi connectivity index (χ3v) is 14.3. The van der Waals surface area contributed by atoms with Gasteiger partial charge in [0.2, 0.25) is 0 Å². The van der Waals surface area contributed by atoms with Gasteiger partial charge in [-0.1, -0.05) is 89.3 Å². The van der Waals surface area contributed by atoms with Crippen molar-refractivity contribution in [1.82, 2.24) is 0 Å². The summed E-state index contributed by atoms with van der Waals surface area (Å²) >= 11 is 1.34. The SMILES string of the molecule is CC1=CC(C)(C)c2cc3[cH-]c4cc5c(cc4c3cc21)C(C)=CC5(C)C.CC1=[C-]C(C)C=C1CC12CC3CC(CC(C3)C1)C2.Fc1ccc([CH]=[Zr+2])cc1.[Cl-].[Cl-]. The third-order valence-electron chi connectivity index (χ3n) is 13.5. The van der Waals surface area contributed by atoms with E-state index in [0.717, 1.165) is 23.3 Å². The molecule has 0 radical (unpaired) electrons. The molecule has 4 aromatic carbocycles. The second-order valence-corrected chi connectivity index (χ2v) is 19.5. The van der Waals surface area contributed by atoms with E-state index in [2.05, 4.69) is 110 Å². The molecule has 1 atom stereocenters. The number of hydrogen-bond acceptors (Lipinski definition) is 0. The molecule has 0 aliphatic heterocycles. The van der Waals surface area contributed by atoms with Gasteiger partial charge in [0.25, 0.3) is 0 Å². The van der Waals surface area contributed by atoms with Crippen molar-refractivity contribution in [1.29, 1.82) is 0 Å².